The van der Waals surface area contributed by atoms with E-state index in [2.05, 4.69) is 5.32 Å². The molecule has 1 aromatic rings. The van der Waals surface area contributed by atoms with Crippen molar-refractivity contribution in [1.82, 2.24) is 5.32 Å². The summed E-state index contributed by atoms with van der Waals surface area (Å²) >= 11 is 0. The zero-order chi connectivity index (χ0) is 19.5. The SMILES string of the molecule is COc1cc(N2CC(C(=O)NC(C)(C)CN)CC2=O)cc(OC)c1OC.Cl. The van der Waals surface area contributed by atoms with E-state index in [4.69, 9.17) is 19.9 Å². The van der Waals surface area contributed by atoms with Crippen molar-refractivity contribution in [2.24, 2.45) is 11.7 Å². The fourth-order valence-corrected chi connectivity index (χ4v) is 2.84. The summed E-state index contributed by atoms with van der Waals surface area (Å²) in [4.78, 5) is 26.5. The summed E-state index contributed by atoms with van der Waals surface area (Å²) in [5.74, 6) is 0.601. The number of hydrogen-bond acceptors (Lipinski definition) is 6. The minimum Gasteiger partial charge on any atom is -0.493 e. The van der Waals surface area contributed by atoms with Crippen LogP contribution < -0.4 is 30.2 Å². The van der Waals surface area contributed by atoms with Crippen molar-refractivity contribution in [3.05, 3.63) is 12.1 Å². The lowest BCUT2D eigenvalue weighted by Crippen LogP contribution is -2.51. The predicted molar refractivity (Wildman–Crippen MR) is 105 cm³/mol. The molecule has 152 valence electrons. The number of anilines is 1. The Morgan fingerprint density at radius 1 is 1.22 bits per heavy atom. The first-order chi connectivity index (χ1) is 12.3. The highest BCUT2D eigenvalue weighted by Crippen LogP contribution is 2.42. The van der Waals surface area contributed by atoms with Gasteiger partial charge in [0, 0.05) is 37.2 Å². The second-order valence-corrected chi connectivity index (χ2v) is 6.87. The number of nitrogens with two attached hydrogens (primary N) is 1. The molecule has 1 saturated heterocycles. The lowest BCUT2D eigenvalue weighted by atomic mass is 10.0. The number of amides is 2. The molecule has 0 aliphatic carbocycles. The molecule has 8 nitrogen and oxygen atoms in total. The van der Waals surface area contributed by atoms with Gasteiger partial charge >= 0.3 is 0 Å². The molecule has 1 aliphatic heterocycles. The van der Waals surface area contributed by atoms with Crippen LogP contribution in [0, 0.1) is 5.92 Å². The number of hydrogen-bond donors (Lipinski definition) is 2. The third kappa shape index (κ3) is 4.95. The number of ether oxygens (including phenoxy) is 3. The standard InChI is InChI=1S/C18H27N3O5.ClH/c1-18(2,10-19)20-17(23)11-6-15(22)21(9-11)12-7-13(24-3)16(26-5)14(8-12)25-4;/h7-8,11H,6,9-10,19H2,1-5H3,(H,20,23);1H. The highest BCUT2D eigenvalue weighted by atomic mass is 35.5. The summed E-state index contributed by atoms with van der Waals surface area (Å²) in [6, 6.07) is 3.40. The van der Waals surface area contributed by atoms with Crippen molar-refractivity contribution in [3.8, 4) is 17.2 Å². The number of nitrogens with one attached hydrogen (secondary N) is 1. The molecule has 1 fully saturated rings. The van der Waals surface area contributed by atoms with Gasteiger partial charge in [-0.25, -0.2) is 0 Å². The van der Waals surface area contributed by atoms with Gasteiger partial charge in [-0.1, -0.05) is 0 Å². The molecule has 1 heterocycles. The molecule has 0 radical (unpaired) electrons. The van der Waals surface area contributed by atoms with Gasteiger partial charge in [0.2, 0.25) is 17.6 Å². The van der Waals surface area contributed by atoms with Crippen LogP contribution in [0.5, 0.6) is 17.2 Å². The molecule has 0 saturated carbocycles. The van der Waals surface area contributed by atoms with E-state index in [9.17, 15) is 9.59 Å². The van der Waals surface area contributed by atoms with E-state index in [1.807, 2.05) is 13.8 Å². The van der Waals surface area contributed by atoms with Gasteiger partial charge in [-0.15, -0.1) is 12.4 Å². The number of methoxy groups -OCH3 is 3. The van der Waals surface area contributed by atoms with Crippen molar-refractivity contribution in [1.29, 1.82) is 0 Å². The predicted octanol–water partition coefficient (Wildman–Crippen LogP) is 1.34. The first kappa shape index (κ1) is 22.9. The van der Waals surface area contributed by atoms with Crippen LogP contribution in [0.2, 0.25) is 0 Å². The van der Waals surface area contributed by atoms with E-state index >= 15 is 0 Å². The van der Waals surface area contributed by atoms with Crippen molar-refractivity contribution < 1.29 is 23.8 Å². The van der Waals surface area contributed by atoms with Gasteiger partial charge in [0.05, 0.1) is 32.9 Å². The number of rotatable bonds is 7. The molecule has 1 aliphatic rings. The smallest absolute Gasteiger partial charge is 0.227 e. The van der Waals surface area contributed by atoms with Crippen LogP contribution in [0.3, 0.4) is 0 Å². The highest BCUT2D eigenvalue weighted by molar-refractivity contribution is 6.00. The maximum Gasteiger partial charge on any atom is 0.227 e. The molecule has 2 amide bonds. The van der Waals surface area contributed by atoms with Gasteiger partial charge in [-0.2, -0.15) is 0 Å². The average Bonchev–Trinajstić information content (AvgIpc) is 3.02. The van der Waals surface area contributed by atoms with E-state index < -0.39 is 11.5 Å². The van der Waals surface area contributed by atoms with E-state index in [1.54, 1.807) is 17.0 Å². The van der Waals surface area contributed by atoms with Crippen LogP contribution >= 0.6 is 12.4 Å². The Morgan fingerprint density at radius 3 is 2.22 bits per heavy atom. The molecule has 27 heavy (non-hydrogen) atoms. The van der Waals surface area contributed by atoms with Crippen LogP contribution in [0.25, 0.3) is 0 Å². The van der Waals surface area contributed by atoms with Gasteiger partial charge < -0.3 is 30.2 Å². The Morgan fingerprint density at radius 2 is 1.78 bits per heavy atom. The van der Waals surface area contributed by atoms with Crippen LogP contribution in [0.1, 0.15) is 20.3 Å². The van der Waals surface area contributed by atoms with Crippen molar-refractivity contribution in [2.45, 2.75) is 25.8 Å². The van der Waals surface area contributed by atoms with Gasteiger partial charge in [-0.3, -0.25) is 9.59 Å². The molecular formula is C18H28ClN3O5. The summed E-state index contributed by atoms with van der Waals surface area (Å²) in [5.41, 5.74) is 5.74. The Balaban J connectivity index is 0.00000364. The van der Waals surface area contributed by atoms with Crippen LogP contribution in [-0.4, -0.2) is 51.8 Å². The minimum absolute atomic E-state index is 0. The van der Waals surface area contributed by atoms with Crippen LogP contribution in [-0.2, 0) is 9.59 Å². The maximum atomic E-state index is 12.5. The quantitative estimate of drug-likeness (QED) is 0.714. The summed E-state index contributed by atoms with van der Waals surface area (Å²) in [6.07, 6.45) is 0.142. The molecule has 2 rings (SSSR count). The molecule has 0 aromatic heterocycles. The highest BCUT2D eigenvalue weighted by Gasteiger charge is 2.37. The molecule has 0 spiro atoms. The number of carbonyl (C=O) groups excluding carboxylic acids is 2. The minimum atomic E-state index is -0.514. The normalized spacial score (nSPS) is 16.6. The van der Waals surface area contributed by atoms with E-state index in [1.165, 1.54) is 21.3 Å². The molecule has 1 atom stereocenters. The first-order valence-corrected chi connectivity index (χ1v) is 8.38. The number of halogens is 1. The summed E-state index contributed by atoms with van der Waals surface area (Å²) < 4.78 is 16.0. The second-order valence-electron chi connectivity index (χ2n) is 6.87. The van der Waals surface area contributed by atoms with Gasteiger partial charge in [-0.05, 0) is 13.8 Å². The number of carbonyl (C=O) groups is 2. The largest absolute Gasteiger partial charge is 0.493 e. The monoisotopic (exact) mass is 401 g/mol. The molecule has 1 aromatic carbocycles. The van der Waals surface area contributed by atoms with Crippen molar-refractivity contribution in [2.75, 3.05) is 39.3 Å². The molecule has 1 unspecified atom stereocenters. The van der Waals surface area contributed by atoms with E-state index in [0.717, 1.165) is 0 Å². The number of nitrogens with zero attached hydrogens (tertiary/aromatic N) is 1. The third-order valence-electron chi connectivity index (χ3n) is 4.43. The third-order valence-corrected chi connectivity index (χ3v) is 4.43. The van der Waals surface area contributed by atoms with E-state index in [-0.39, 0.29) is 37.2 Å². The summed E-state index contributed by atoms with van der Waals surface area (Å²) in [5, 5.41) is 2.89. The van der Waals surface area contributed by atoms with Gasteiger partial charge in [0.25, 0.3) is 0 Å². The maximum absolute atomic E-state index is 12.5. The van der Waals surface area contributed by atoms with Crippen LogP contribution in [0.4, 0.5) is 5.69 Å². The van der Waals surface area contributed by atoms with E-state index in [0.29, 0.717) is 29.5 Å². The summed E-state index contributed by atoms with van der Waals surface area (Å²) in [7, 11) is 4.54. The summed E-state index contributed by atoms with van der Waals surface area (Å²) in [6.45, 7) is 4.29. The molecular weight excluding hydrogens is 374 g/mol. The average molecular weight is 402 g/mol. The Kier molecular flexibility index (Phi) is 7.74. The van der Waals surface area contributed by atoms with Crippen molar-refractivity contribution >= 4 is 29.9 Å². The Hall–Kier alpha value is -2.19. The topological polar surface area (TPSA) is 103 Å². The molecule has 3 N–H and O–H groups in total. The van der Waals surface area contributed by atoms with Gasteiger partial charge in [0.1, 0.15) is 0 Å². The zero-order valence-corrected chi connectivity index (χ0v) is 17.1. The second kappa shape index (κ2) is 9.14. The Bertz CT molecular complexity index is 671. The molecule has 0 bridgehead atoms. The van der Waals surface area contributed by atoms with Gasteiger partial charge in [0.15, 0.2) is 11.5 Å². The van der Waals surface area contributed by atoms with Crippen molar-refractivity contribution in [3.63, 3.8) is 0 Å². The van der Waals surface area contributed by atoms with Crippen LogP contribution in [0.15, 0.2) is 12.1 Å². The molecule has 9 heteroatoms. The Labute approximate surface area is 165 Å². The fraction of sp³-hybridized carbons (Fsp3) is 0.556. The lowest BCUT2D eigenvalue weighted by Gasteiger charge is -2.26. The zero-order valence-electron chi connectivity index (χ0n) is 16.3. The number of benzene rings is 1. The first-order valence-electron chi connectivity index (χ1n) is 8.38. The fourth-order valence-electron chi connectivity index (χ4n) is 2.84. The lowest BCUT2D eigenvalue weighted by molar-refractivity contribution is -0.127.